The number of ether oxygens (including phenoxy) is 1. The predicted octanol–water partition coefficient (Wildman–Crippen LogP) is 4.09. The first-order valence-corrected chi connectivity index (χ1v) is 6.26. The van der Waals surface area contributed by atoms with E-state index in [2.05, 4.69) is 19.1 Å². The Labute approximate surface area is 111 Å². The van der Waals surface area contributed by atoms with Crippen LogP contribution in [0.25, 0.3) is 0 Å². The monoisotopic (exact) mass is 257 g/mol. The average molecular weight is 258 g/mol. The Bertz CT molecular complexity index is 287. The molecular weight excluding hydrogens is 234 g/mol. The first kappa shape index (κ1) is 16.3. The molecule has 0 fully saturated rings. The van der Waals surface area contributed by atoms with Crippen molar-refractivity contribution in [2.45, 2.75) is 45.6 Å². The summed E-state index contributed by atoms with van der Waals surface area (Å²) < 4.78 is 5.40. The van der Waals surface area contributed by atoms with Crippen LogP contribution in [0.4, 0.5) is 0 Å². The minimum Gasteiger partial charge on any atom is -0.494 e. The summed E-state index contributed by atoms with van der Waals surface area (Å²) in [7, 11) is 0. The highest BCUT2D eigenvalue weighted by Crippen LogP contribution is 2.20. The van der Waals surface area contributed by atoms with Crippen LogP contribution in [-0.2, 0) is 0 Å². The average Bonchev–Trinajstić information content (AvgIpc) is 2.30. The number of halogens is 1. The van der Waals surface area contributed by atoms with E-state index in [0.29, 0.717) is 6.61 Å². The fourth-order valence-electron chi connectivity index (χ4n) is 1.76. The summed E-state index contributed by atoms with van der Waals surface area (Å²) >= 11 is 0. The van der Waals surface area contributed by atoms with Crippen LogP contribution in [0.3, 0.4) is 0 Å². The van der Waals surface area contributed by atoms with E-state index in [-0.39, 0.29) is 18.4 Å². The van der Waals surface area contributed by atoms with Crippen LogP contribution in [0.5, 0.6) is 5.75 Å². The Morgan fingerprint density at radius 3 is 2.29 bits per heavy atom. The van der Waals surface area contributed by atoms with Gasteiger partial charge in [-0.1, -0.05) is 38.3 Å². The maximum atomic E-state index is 6.12. The molecule has 3 heteroatoms. The Balaban J connectivity index is 0.00000256. The number of nitrogens with two attached hydrogens (primary N) is 1. The zero-order valence-electron chi connectivity index (χ0n) is 10.8. The molecule has 0 bridgehead atoms. The van der Waals surface area contributed by atoms with Crippen molar-refractivity contribution in [3.8, 4) is 5.75 Å². The van der Waals surface area contributed by atoms with Gasteiger partial charge in [0.15, 0.2) is 0 Å². The fourth-order valence-corrected chi connectivity index (χ4v) is 1.76. The van der Waals surface area contributed by atoms with E-state index in [0.717, 1.165) is 12.2 Å². The second kappa shape index (κ2) is 9.32. The molecule has 0 heterocycles. The van der Waals surface area contributed by atoms with Crippen molar-refractivity contribution >= 4 is 12.4 Å². The summed E-state index contributed by atoms with van der Waals surface area (Å²) in [5.41, 5.74) is 7.33. The molecule has 0 aliphatic rings. The van der Waals surface area contributed by atoms with E-state index in [1.54, 1.807) is 0 Å². The van der Waals surface area contributed by atoms with Crippen LogP contribution in [0.1, 0.15) is 51.1 Å². The van der Waals surface area contributed by atoms with Gasteiger partial charge in [-0.2, -0.15) is 0 Å². The Morgan fingerprint density at radius 1 is 1.12 bits per heavy atom. The molecule has 1 aromatic carbocycles. The van der Waals surface area contributed by atoms with Crippen LogP contribution in [0.15, 0.2) is 24.3 Å². The van der Waals surface area contributed by atoms with Crippen LogP contribution in [-0.4, -0.2) is 6.61 Å². The van der Waals surface area contributed by atoms with Gasteiger partial charge in [-0.25, -0.2) is 0 Å². The molecule has 0 amide bonds. The lowest BCUT2D eigenvalue weighted by molar-refractivity contribution is 0.340. The molecule has 1 rings (SSSR count). The van der Waals surface area contributed by atoms with Gasteiger partial charge < -0.3 is 10.5 Å². The largest absolute Gasteiger partial charge is 0.494 e. The van der Waals surface area contributed by atoms with Gasteiger partial charge in [0.25, 0.3) is 0 Å². The van der Waals surface area contributed by atoms with E-state index in [1.165, 1.54) is 24.8 Å². The van der Waals surface area contributed by atoms with Gasteiger partial charge in [-0.15, -0.1) is 12.4 Å². The fraction of sp³-hybridized carbons (Fsp3) is 0.571. The van der Waals surface area contributed by atoms with Gasteiger partial charge in [0.2, 0.25) is 0 Å². The van der Waals surface area contributed by atoms with Gasteiger partial charge in [0.1, 0.15) is 5.75 Å². The number of hydrogen-bond donors (Lipinski definition) is 1. The zero-order valence-corrected chi connectivity index (χ0v) is 11.6. The van der Waals surface area contributed by atoms with Crippen molar-refractivity contribution in [2.24, 2.45) is 5.73 Å². The molecule has 0 saturated heterocycles. The predicted molar refractivity (Wildman–Crippen MR) is 75.9 cm³/mol. The topological polar surface area (TPSA) is 35.2 Å². The molecule has 0 saturated carbocycles. The standard InChI is InChI=1S/C14H23NO.ClH/c1-3-5-6-7-14(15)12-8-10-13(11-9-12)16-4-2;/h8-11,14H,3-7,15H2,1-2H3;1H/t14-;/m1./s1. The van der Waals surface area contributed by atoms with Gasteiger partial charge in [-0.3, -0.25) is 0 Å². The SMILES string of the molecule is CCCCC[C@@H](N)c1ccc(OCC)cc1.Cl. The number of rotatable bonds is 7. The van der Waals surface area contributed by atoms with Crippen molar-refractivity contribution in [3.05, 3.63) is 29.8 Å². The molecular formula is C14H24ClNO. The van der Waals surface area contributed by atoms with E-state index in [9.17, 15) is 0 Å². The van der Waals surface area contributed by atoms with E-state index < -0.39 is 0 Å². The molecule has 0 aliphatic carbocycles. The molecule has 17 heavy (non-hydrogen) atoms. The smallest absolute Gasteiger partial charge is 0.119 e. The molecule has 0 radical (unpaired) electrons. The Morgan fingerprint density at radius 2 is 1.76 bits per heavy atom. The first-order valence-electron chi connectivity index (χ1n) is 6.26. The molecule has 2 nitrogen and oxygen atoms in total. The number of hydrogen-bond acceptors (Lipinski definition) is 2. The third-order valence-corrected chi connectivity index (χ3v) is 2.74. The summed E-state index contributed by atoms with van der Waals surface area (Å²) in [5.74, 6) is 0.923. The Hall–Kier alpha value is -0.730. The molecule has 2 N–H and O–H groups in total. The minimum absolute atomic E-state index is 0. The van der Waals surface area contributed by atoms with Crippen molar-refractivity contribution in [1.82, 2.24) is 0 Å². The highest BCUT2D eigenvalue weighted by molar-refractivity contribution is 5.85. The third kappa shape index (κ3) is 5.94. The summed E-state index contributed by atoms with van der Waals surface area (Å²) in [4.78, 5) is 0. The first-order chi connectivity index (χ1) is 7.77. The summed E-state index contributed by atoms with van der Waals surface area (Å²) in [6.07, 6.45) is 4.80. The lowest BCUT2D eigenvalue weighted by Gasteiger charge is -2.12. The van der Waals surface area contributed by atoms with Crippen LogP contribution < -0.4 is 10.5 Å². The van der Waals surface area contributed by atoms with Gasteiger partial charge in [0.05, 0.1) is 6.61 Å². The molecule has 0 aromatic heterocycles. The van der Waals surface area contributed by atoms with Crippen molar-refractivity contribution in [3.63, 3.8) is 0 Å². The summed E-state index contributed by atoms with van der Waals surface area (Å²) in [6, 6.07) is 8.31. The molecule has 1 aromatic rings. The second-order valence-electron chi connectivity index (χ2n) is 4.10. The van der Waals surface area contributed by atoms with Crippen molar-refractivity contribution in [1.29, 1.82) is 0 Å². The zero-order chi connectivity index (χ0) is 11.8. The van der Waals surface area contributed by atoms with Gasteiger partial charge >= 0.3 is 0 Å². The van der Waals surface area contributed by atoms with Crippen LogP contribution in [0.2, 0.25) is 0 Å². The van der Waals surface area contributed by atoms with Gasteiger partial charge in [-0.05, 0) is 31.0 Å². The number of benzene rings is 1. The third-order valence-electron chi connectivity index (χ3n) is 2.74. The Kier molecular flexibility index (Phi) is 8.92. The molecule has 0 aliphatic heterocycles. The molecule has 0 spiro atoms. The minimum atomic E-state index is 0. The van der Waals surface area contributed by atoms with E-state index in [4.69, 9.17) is 10.5 Å². The van der Waals surface area contributed by atoms with Crippen LogP contribution >= 0.6 is 12.4 Å². The van der Waals surface area contributed by atoms with Gasteiger partial charge in [0, 0.05) is 6.04 Å². The molecule has 1 atom stereocenters. The summed E-state index contributed by atoms with van der Waals surface area (Å²) in [5, 5.41) is 0. The normalized spacial score (nSPS) is 11.7. The second-order valence-corrected chi connectivity index (χ2v) is 4.10. The van der Waals surface area contributed by atoms with Crippen LogP contribution in [0, 0.1) is 0 Å². The molecule has 98 valence electrons. The number of unbranched alkanes of at least 4 members (excludes halogenated alkanes) is 2. The quantitative estimate of drug-likeness (QED) is 0.747. The highest BCUT2D eigenvalue weighted by atomic mass is 35.5. The molecule has 0 unspecified atom stereocenters. The maximum Gasteiger partial charge on any atom is 0.119 e. The van der Waals surface area contributed by atoms with E-state index >= 15 is 0 Å². The lowest BCUT2D eigenvalue weighted by atomic mass is 10.0. The summed E-state index contributed by atoms with van der Waals surface area (Å²) in [6.45, 7) is 4.91. The highest BCUT2D eigenvalue weighted by Gasteiger charge is 2.05. The van der Waals surface area contributed by atoms with Crippen molar-refractivity contribution < 1.29 is 4.74 Å². The lowest BCUT2D eigenvalue weighted by Crippen LogP contribution is -2.09. The maximum absolute atomic E-state index is 6.12. The van der Waals surface area contributed by atoms with Crippen molar-refractivity contribution in [2.75, 3.05) is 6.61 Å². The van der Waals surface area contributed by atoms with E-state index in [1.807, 2.05) is 19.1 Å².